The van der Waals surface area contributed by atoms with Crippen molar-refractivity contribution < 1.29 is 22.4 Å². The van der Waals surface area contributed by atoms with Gasteiger partial charge in [-0.3, -0.25) is 13.9 Å². The number of amides is 2. The molecule has 2 aromatic rings. The highest BCUT2D eigenvalue weighted by Crippen LogP contribution is 2.25. The molecule has 3 rings (SSSR count). The molecule has 0 aromatic heterocycles. The summed E-state index contributed by atoms with van der Waals surface area (Å²) >= 11 is 12.0. The molecule has 1 aliphatic carbocycles. The molecular weight excluding hydrogens is 528 g/mol. The lowest BCUT2D eigenvalue weighted by Gasteiger charge is -2.33. The van der Waals surface area contributed by atoms with E-state index < -0.39 is 34.3 Å². The SMILES string of the molecule is C[C@H](C(=O)NC1CCCCC1)N(Cc1cccc(Cl)c1)C(=O)CN(c1ccc(F)c(Cl)c1)S(C)(=O)=O. The van der Waals surface area contributed by atoms with Crippen LogP contribution in [-0.2, 0) is 26.2 Å². The summed E-state index contributed by atoms with van der Waals surface area (Å²) in [5.41, 5.74) is 0.725. The first-order chi connectivity index (χ1) is 17.0. The van der Waals surface area contributed by atoms with Crippen molar-refractivity contribution >= 4 is 50.7 Å². The first kappa shape index (κ1) is 28.2. The van der Waals surface area contributed by atoms with Crippen LogP contribution < -0.4 is 9.62 Å². The van der Waals surface area contributed by atoms with Gasteiger partial charge in [0.15, 0.2) is 0 Å². The third kappa shape index (κ3) is 7.57. The molecule has 1 aliphatic rings. The molecule has 36 heavy (non-hydrogen) atoms. The van der Waals surface area contributed by atoms with Gasteiger partial charge in [0.25, 0.3) is 0 Å². The Bertz CT molecular complexity index is 1210. The Labute approximate surface area is 221 Å². The molecule has 0 bridgehead atoms. The van der Waals surface area contributed by atoms with Crippen LogP contribution in [0.2, 0.25) is 10.0 Å². The van der Waals surface area contributed by atoms with Gasteiger partial charge in [-0.15, -0.1) is 0 Å². The van der Waals surface area contributed by atoms with E-state index in [2.05, 4.69) is 5.32 Å². The smallest absolute Gasteiger partial charge is 0.244 e. The van der Waals surface area contributed by atoms with Crippen molar-refractivity contribution in [2.45, 2.75) is 57.7 Å². The van der Waals surface area contributed by atoms with E-state index in [4.69, 9.17) is 23.2 Å². The summed E-state index contributed by atoms with van der Waals surface area (Å²) in [4.78, 5) is 28.0. The van der Waals surface area contributed by atoms with Crippen LogP contribution in [0.4, 0.5) is 10.1 Å². The van der Waals surface area contributed by atoms with Gasteiger partial charge in [0, 0.05) is 17.6 Å². The Morgan fingerprint density at radius 3 is 2.42 bits per heavy atom. The number of carbonyl (C=O) groups is 2. The lowest BCUT2D eigenvalue weighted by molar-refractivity contribution is -0.139. The zero-order valence-corrected chi connectivity index (χ0v) is 22.5. The Balaban J connectivity index is 1.88. The maximum absolute atomic E-state index is 13.7. The minimum Gasteiger partial charge on any atom is -0.352 e. The van der Waals surface area contributed by atoms with Crippen LogP contribution in [0.25, 0.3) is 0 Å². The van der Waals surface area contributed by atoms with E-state index >= 15 is 0 Å². The minimum absolute atomic E-state index is 0.0410. The average Bonchev–Trinajstić information content (AvgIpc) is 2.82. The van der Waals surface area contributed by atoms with Crippen molar-refractivity contribution in [1.29, 1.82) is 0 Å². The third-order valence-electron chi connectivity index (χ3n) is 6.23. The van der Waals surface area contributed by atoms with Crippen LogP contribution in [-0.4, -0.2) is 50.0 Å². The van der Waals surface area contributed by atoms with Crippen LogP contribution >= 0.6 is 23.2 Å². The Hall–Kier alpha value is -2.36. The number of nitrogens with zero attached hydrogens (tertiary/aromatic N) is 2. The van der Waals surface area contributed by atoms with E-state index in [9.17, 15) is 22.4 Å². The van der Waals surface area contributed by atoms with E-state index in [-0.39, 0.29) is 29.2 Å². The highest BCUT2D eigenvalue weighted by molar-refractivity contribution is 7.92. The number of halogens is 3. The fraction of sp³-hybridized carbons (Fsp3) is 0.440. The van der Waals surface area contributed by atoms with Crippen molar-refractivity contribution in [3.8, 4) is 0 Å². The largest absolute Gasteiger partial charge is 0.352 e. The molecule has 1 fully saturated rings. The topological polar surface area (TPSA) is 86.8 Å². The Kier molecular flexibility index (Phi) is 9.60. The van der Waals surface area contributed by atoms with Crippen molar-refractivity contribution in [3.63, 3.8) is 0 Å². The molecule has 2 amide bonds. The molecule has 0 radical (unpaired) electrons. The van der Waals surface area contributed by atoms with E-state index in [0.717, 1.165) is 54.8 Å². The standard InChI is InChI=1S/C25H30Cl2FN3O4S/c1-17(25(33)29-20-9-4-3-5-10-20)30(15-18-7-6-8-19(26)13-18)24(32)16-31(36(2,34)35)21-11-12-23(28)22(27)14-21/h6-8,11-14,17,20H,3-5,9-10,15-16H2,1-2H3,(H,29,33)/t17-/m1/s1. The monoisotopic (exact) mass is 557 g/mol. The fourth-order valence-corrected chi connectivity index (χ4v) is 5.47. The lowest BCUT2D eigenvalue weighted by Crippen LogP contribution is -2.52. The van der Waals surface area contributed by atoms with Crippen molar-refractivity contribution in [2.75, 3.05) is 17.1 Å². The van der Waals surface area contributed by atoms with E-state index in [1.165, 1.54) is 11.0 Å². The van der Waals surface area contributed by atoms with E-state index in [1.54, 1.807) is 31.2 Å². The molecule has 7 nitrogen and oxygen atoms in total. The molecule has 0 unspecified atom stereocenters. The van der Waals surface area contributed by atoms with Gasteiger partial charge in [0.2, 0.25) is 21.8 Å². The molecule has 0 saturated heterocycles. The normalized spacial score (nSPS) is 15.2. The van der Waals surface area contributed by atoms with Gasteiger partial charge >= 0.3 is 0 Å². The summed E-state index contributed by atoms with van der Waals surface area (Å²) in [6.07, 6.45) is 5.91. The summed E-state index contributed by atoms with van der Waals surface area (Å²) in [5.74, 6) is -1.63. The first-order valence-corrected chi connectivity index (χ1v) is 14.3. The zero-order valence-electron chi connectivity index (χ0n) is 20.2. The maximum atomic E-state index is 13.7. The quantitative estimate of drug-likeness (QED) is 0.481. The molecular formula is C25H30Cl2FN3O4S. The molecule has 0 heterocycles. The van der Waals surface area contributed by atoms with Crippen molar-refractivity contribution in [2.24, 2.45) is 0 Å². The van der Waals surface area contributed by atoms with Gasteiger partial charge in [-0.05, 0) is 55.7 Å². The van der Waals surface area contributed by atoms with Gasteiger partial charge in [-0.25, -0.2) is 12.8 Å². The van der Waals surface area contributed by atoms with Gasteiger partial charge in [0.05, 0.1) is 17.0 Å². The number of rotatable bonds is 9. The second-order valence-corrected chi connectivity index (χ2v) is 11.8. The van der Waals surface area contributed by atoms with Crippen LogP contribution in [0.3, 0.4) is 0 Å². The van der Waals surface area contributed by atoms with Crippen LogP contribution in [0.15, 0.2) is 42.5 Å². The summed E-state index contributed by atoms with van der Waals surface area (Å²) in [7, 11) is -3.94. The predicted molar refractivity (Wildman–Crippen MR) is 140 cm³/mol. The molecule has 2 aromatic carbocycles. The number of hydrogen-bond donors (Lipinski definition) is 1. The second kappa shape index (κ2) is 12.3. The third-order valence-corrected chi connectivity index (χ3v) is 7.90. The molecule has 1 N–H and O–H groups in total. The Morgan fingerprint density at radius 2 is 1.81 bits per heavy atom. The number of carbonyl (C=O) groups excluding carboxylic acids is 2. The maximum Gasteiger partial charge on any atom is 0.244 e. The summed E-state index contributed by atoms with van der Waals surface area (Å²) < 4.78 is 39.7. The lowest BCUT2D eigenvalue weighted by atomic mass is 9.95. The van der Waals surface area contributed by atoms with E-state index in [0.29, 0.717) is 10.6 Å². The summed E-state index contributed by atoms with van der Waals surface area (Å²) in [6.45, 7) is 1.06. The highest BCUT2D eigenvalue weighted by Gasteiger charge is 2.31. The number of anilines is 1. The summed E-state index contributed by atoms with van der Waals surface area (Å²) in [6, 6.07) is 9.46. The second-order valence-electron chi connectivity index (χ2n) is 9.04. The van der Waals surface area contributed by atoms with Gasteiger partial charge in [-0.2, -0.15) is 0 Å². The molecule has 0 aliphatic heterocycles. The number of nitrogens with one attached hydrogen (secondary N) is 1. The van der Waals surface area contributed by atoms with Gasteiger partial charge in [0.1, 0.15) is 18.4 Å². The summed E-state index contributed by atoms with van der Waals surface area (Å²) in [5, 5.41) is 3.23. The number of benzene rings is 2. The minimum atomic E-state index is -3.94. The zero-order chi connectivity index (χ0) is 26.5. The molecule has 196 valence electrons. The van der Waals surface area contributed by atoms with Crippen LogP contribution in [0.1, 0.15) is 44.6 Å². The van der Waals surface area contributed by atoms with Crippen molar-refractivity contribution in [3.05, 3.63) is 63.9 Å². The average molecular weight is 559 g/mol. The highest BCUT2D eigenvalue weighted by atomic mass is 35.5. The van der Waals surface area contributed by atoms with Gasteiger partial charge < -0.3 is 10.2 Å². The predicted octanol–water partition coefficient (Wildman–Crippen LogP) is 4.76. The van der Waals surface area contributed by atoms with Crippen LogP contribution in [0, 0.1) is 5.82 Å². The molecule has 11 heteroatoms. The van der Waals surface area contributed by atoms with Gasteiger partial charge in [-0.1, -0.05) is 54.6 Å². The Morgan fingerprint density at radius 1 is 1.11 bits per heavy atom. The molecule has 0 spiro atoms. The number of sulfonamides is 1. The van der Waals surface area contributed by atoms with E-state index in [1.807, 2.05) is 0 Å². The van der Waals surface area contributed by atoms with Crippen LogP contribution in [0.5, 0.6) is 0 Å². The first-order valence-electron chi connectivity index (χ1n) is 11.7. The van der Waals surface area contributed by atoms with Crippen molar-refractivity contribution in [1.82, 2.24) is 10.2 Å². The molecule has 1 saturated carbocycles. The molecule has 1 atom stereocenters. The number of hydrogen-bond acceptors (Lipinski definition) is 4. The fourth-order valence-electron chi connectivity index (χ4n) is 4.24.